The number of alkyl halides is 1. The van der Waals surface area contributed by atoms with Crippen molar-refractivity contribution in [1.29, 1.82) is 0 Å². The fourth-order valence-corrected chi connectivity index (χ4v) is 1.60. The summed E-state index contributed by atoms with van der Waals surface area (Å²) in [6, 6.07) is 2.16. The minimum absolute atomic E-state index is 0.0785. The molecule has 0 aliphatic heterocycles. The van der Waals surface area contributed by atoms with Crippen LogP contribution >= 0.6 is 31.9 Å². The number of halogens is 3. The van der Waals surface area contributed by atoms with Gasteiger partial charge in [-0.05, 0) is 22.0 Å². The van der Waals surface area contributed by atoms with E-state index in [1.165, 1.54) is 6.07 Å². The number of phenolic OH excluding ortho intramolecular Hbond substituents is 1. The average molecular weight is 312 g/mol. The highest BCUT2D eigenvalue weighted by molar-refractivity contribution is 9.10. The van der Waals surface area contributed by atoms with Gasteiger partial charge in [-0.15, -0.1) is 0 Å². The van der Waals surface area contributed by atoms with Crippen LogP contribution in [0.2, 0.25) is 0 Å². The highest BCUT2D eigenvalue weighted by Gasteiger charge is 2.13. The molecule has 0 bridgehead atoms. The Bertz CT molecular complexity index is 352. The van der Waals surface area contributed by atoms with Gasteiger partial charge in [0, 0.05) is 11.6 Å². The van der Waals surface area contributed by atoms with Crippen LogP contribution < -0.4 is 0 Å². The van der Waals surface area contributed by atoms with E-state index < -0.39 is 5.82 Å². The number of Topliss-reactive ketones (excluding diaryl/α,β-unsaturated/α-hetero) is 1. The zero-order valence-electron chi connectivity index (χ0n) is 6.35. The fraction of sp³-hybridized carbons (Fsp3) is 0.125. The van der Waals surface area contributed by atoms with Gasteiger partial charge in [0.05, 0.1) is 9.80 Å². The molecule has 0 radical (unpaired) electrons. The molecule has 1 aromatic carbocycles. The maximum Gasteiger partial charge on any atom is 0.174 e. The van der Waals surface area contributed by atoms with Gasteiger partial charge in [0.1, 0.15) is 11.6 Å². The number of ketones is 1. The van der Waals surface area contributed by atoms with Crippen LogP contribution in [-0.4, -0.2) is 16.2 Å². The van der Waals surface area contributed by atoms with E-state index in [4.69, 9.17) is 5.11 Å². The van der Waals surface area contributed by atoms with Crippen LogP contribution in [0.4, 0.5) is 4.39 Å². The molecule has 0 aliphatic rings. The summed E-state index contributed by atoms with van der Waals surface area (Å²) >= 11 is 5.89. The first-order chi connectivity index (χ1) is 6.06. The molecule has 0 saturated carbocycles. The van der Waals surface area contributed by atoms with Gasteiger partial charge < -0.3 is 5.11 Å². The topological polar surface area (TPSA) is 37.3 Å². The van der Waals surface area contributed by atoms with Crippen LogP contribution in [-0.2, 0) is 0 Å². The number of phenols is 1. The number of hydrogen-bond acceptors (Lipinski definition) is 2. The lowest BCUT2D eigenvalue weighted by atomic mass is 10.1. The van der Waals surface area contributed by atoms with Crippen LogP contribution in [0.1, 0.15) is 10.4 Å². The summed E-state index contributed by atoms with van der Waals surface area (Å²) in [6.45, 7) is 0. The molecule has 0 unspecified atom stereocenters. The molecule has 0 saturated heterocycles. The summed E-state index contributed by atoms with van der Waals surface area (Å²) in [7, 11) is 0. The lowest BCUT2D eigenvalue weighted by molar-refractivity contribution is 0.102. The van der Waals surface area contributed by atoms with E-state index in [1.54, 1.807) is 0 Å². The van der Waals surface area contributed by atoms with Crippen molar-refractivity contribution in [3.63, 3.8) is 0 Å². The predicted octanol–water partition coefficient (Wildman–Crippen LogP) is 2.87. The van der Waals surface area contributed by atoms with Crippen LogP contribution in [0.25, 0.3) is 0 Å². The monoisotopic (exact) mass is 310 g/mol. The maximum absolute atomic E-state index is 13.0. The highest BCUT2D eigenvalue weighted by Crippen LogP contribution is 2.26. The Hall–Kier alpha value is -0.420. The number of benzene rings is 1. The van der Waals surface area contributed by atoms with Gasteiger partial charge in [-0.3, -0.25) is 4.79 Å². The third-order valence-electron chi connectivity index (χ3n) is 1.43. The quantitative estimate of drug-likeness (QED) is 0.673. The van der Waals surface area contributed by atoms with E-state index in [0.29, 0.717) is 0 Å². The minimum atomic E-state index is -0.649. The van der Waals surface area contributed by atoms with Gasteiger partial charge in [0.2, 0.25) is 0 Å². The molecule has 13 heavy (non-hydrogen) atoms. The number of carbonyl (C=O) groups is 1. The van der Waals surface area contributed by atoms with Gasteiger partial charge in [0.15, 0.2) is 5.78 Å². The number of aromatic hydroxyl groups is 1. The summed E-state index contributed by atoms with van der Waals surface area (Å²) in [5.74, 6) is -1.20. The number of carbonyl (C=O) groups excluding carboxylic acids is 1. The second-order valence-corrected chi connectivity index (χ2v) is 3.70. The van der Waals surface area contributed by atoms with E-state index in [1.807, 2.05) is 0 Å². The Morgan fingerprint density at radius 3 is 2.69 bits per heavy atom. The van der Waals surface area contributed by atoms with Crippen LogP contribution in [0.3, 0.4) is 0 Å². The highest BCUT2D eigenvalue weighted by atomic mass is 79.9. The minimum Gasteiger partial charge on any atom is -0.508 e. The van der Waals surface area contributed by atoms with Gasteiger partial charge in [-0.1, -0.05) is 15.9 Å². The molecule has 0 atom stereocenters. The maximum atomic E-state index is 13.0. The van der Waals surface area contributed by atoms with Crippen molar-refractivity contribution < 1.29 is 14.3 Å². The van der Waals surface area contributed by atoms with Crippen molar-refractivity contribution in [1.82, 2.24) is 0 Å². The largest absolute Gasteiger partial charge is 0.508 e. The third kappa shape index (κ3) is 2.28. The van der Waals surface area contributed by atoms with Gasteiger partial charge >= 0.3 is 0 Å². The predicted molar refractivity (Wildman–Crippen MR) is 53.9 cm³/mol. The Morgan fingerprint density at radius 1 is 1.54 bits per heavy atom. The van der Waals surface area contributed by atoms with Crippen molar-refractivity contribution in [3.8, 4) is 5.75 Å². The fourth-order valence-electron chi connectivity index (χ4n) is 0.850. The second kappa shape index (κ2) is 4.19. The van der Waals surface area contributed by atoms with Crippen molar-refractivity contribution >= 4 is 37.6 Å². The zero-order valence-corrected chi connectivity index (χ0v) is 9.52. The third-order valence-corrected chi connectivity index (χ3v) is 2.75. The molecule has 1 aromatic rings. The number of rotatable bonds is 2. The molecule has 1 N–H and O–H groups in total. The lowest BCUT2D eigenvalue weighted by Crippen LogP contribution is -2.02. The van der Waals surface area contributed by atoms with E-state index in [9.17, 15) is 9.18 Å². The molecular weight excluding hydrogens is 307 g/mol. The van der Waals surface area contributed by atoms with Crippen LogP contribution in [0.5, 0.6) is 5.75 Å². The summed E-state index contributed by atoms with van der Waals surface area (Å²) in [5.41, 5.74) is 0.134. The molecule has 0 amide bonds. The first-order valence-electron chi connectivity index (χ1n) is 3.33. The molecular formula is C8H5Br2FO2. The van der Waals surface area contributed by atoms with E-state index in [2.05, 4.69) is 31.9 Å². The van der Waals surface area contributed by atoms with Crippen LogP contribution in [0.15, 0.2) is 16.6 Å². The van der Waals surface area contributed by atoms with Crippen molar-refractivity contribution in [2.75, 3.05) is 5.33 Å². The molecule has 70 valence electrons. The molecule has 0 spiro atoms. The SMILES string of the molecule is O=C(CBr)c1cc(O)cc(F)c1Br. The summed E-state index contributed by atoms with van der Waals surface area (Å²) < 4.78 is 13.0. The molecule has 0 aromatic heterocycles. The van der Waals surface area contributed by atoms with Crippen molar-refractivity contribution in [2.45, 2.75) is 0 Å². The molecule has 0 heterocycles. The van der Waals surface area contributed by atoms with E-state index >= 15 is 0 Å². The smallest absolute Gasteiger partial charge is 0.174 e. The standard InChI is InChI=1S/C8H5Br2FO2/c9-3-7(13)5-1-4(12)2-6(11)8(5)10/h1-2,12H,3H2. The molecule has 0 aliphatic carbocycles. The normalized spacial score (nSPS) is 10.1. The Kier molecular flexibility index (Phi) is 3.44. The Labute approximate surface area is 91.0 Å². The van der Waals surface area contributed by atoms with E-state index in [0.717, 1.165) is 6.07 Å². The summed E-state index contributed by atoms with van der Waals surface area (Å²) in [5, 5.41) is 9.13. The van der Waals surface area contributed by atoms with Gasteiger partial charge in [0.25, 0.3) is 0 Å². The first-order valence-corrected chi connectivity index (χ1v) is 5.25. The summed E-state index contributed by atoms with van der Waals surface area (Å²) in [6.07, 6.45) is 0. The molecule has 5 heteroatoms. The van der Waals surface area contributed by atoms with Crippen molar-refractivity contribution in [2.24, 2.45) is 0 Å². The second-order valence-electron chi connectivity index (χ2n) is 2.35. The zero-order chi connectivity index (χ0) is 10.0. The Morgan fingerprint density at radius 2 is 2.15 bits per heavy atom. The van der Waals surface area contributed by atoms with Crippen molar-refractivity contribution in [3.05, 3.63) is 28.0 Å². The summed E-state index contributed by atoms with van der Waals surface area (Å²) in [4.78, 5) is 11.2. The number of hydrogen-bond donors (Lipinski definition) is 1. The Balaban J connectivity index is 3.28. The van der Waals surface area contributed by atoms with E-state index in [-0.39, 0.29) is 26.9 Å². The lowest BCUT2D eigenvalue weighted by Gasteiger charge is -2.03. The van der Waals surface area contributed by atoms with Gasteiger partial charge in [-0.25, -0.2) is 4.39 Å². The molecule has 2 nitrogen and oxygen atoms in total. The molecule has 1 rings (SSSR count). The molecule has 0 fully saturated rings. The van der Waals surface area contributed by atoms with Gasteiger partial charge in [-0.2, -0.15) is 0 Å². The van der Waals surface area contributed by atoms with Crippen LogP contribution in [0, 0.1) is 5.82 Å². The average Bonchev–Trinajstić information content (AvgIpc) is 2.10. The first kappa shape index (κ1) is 10.7.